The Morgan fingerprint density at radius 1 is 1.38 bits per heavy atom. The van der Waals surface area contributed by atoms with E-state index >= 15 is 0 Å². The molecule has 2 aromatic rings. The Morgan fingerprint density at radius 3 is 2.69 bits per heavy atom. The zero-order valence-electron chi connectivity index (χ0n) is 8.60. The lowest BCUT2D eigenvalue weighted by Crippen LogP contribution is -2.08. The second kappa shape index (κ2) is 4.06. The summed E-state index contributed by atoms with van der Waals surface area (Å²) in [5.41, 5.74) is 1.69. The smallest absolute Gasteiger partial charge is 0.409 e. The molecule has 0 saturated heterocycles. The SMILES string of the molecule is Cc1noc(-c2ccccc2)c1NC(=O)O. The first kappa shape index (κ1) is 10.2. The van der Waals surface area contributed by atoms with E-state index in [1.54, 1.807) is 6.92 Å². The fraction of sp³-hybridized carbons (Fsp3) is 0.0909. The number of anilines is 1. The number of carbonyl (C=O) groups is 1. The average Bonchev–Trinajstić information content (AvgIpc) is 2.61. The molecule has 82 valence electrons. The Balaban J connectivity index is 2.46. The van der Waals surface area contributed by atoms with Crippen LogP contribution in [0.2, 0.25) is 0 Å². The summed E-state index contributed by atoms with van der Waals surface area (Å²) in [6.45, 7) is 1.68. The molecule has 0 aliphatic rings. The summed E-state index contributed by atoms with van der Waals surface area (Å²) >= 11 is 0. The number of aryl methyl sites for hydroxylation is 1. The molecular weight excluding hydrogens is 208 g/mol. The fourth-order valence-electron chi connectivity index (χ4n) is 1.41. The van der Waals surface area contributed by atoms with Gasteiger partial charge in [0, 0.05) is 5.56 Å². The Kier molecular flexibility index (Phi) is 2.59. The largest absolute Gasteiger partial charge is 0.465 e. The van der Waals surface area contributed by atoms with Crippen LogP contribution >= 0.6 is 0 Å². The molecule has 0 bridgehead atoms. The number of aromatic nitrogens is 1. The van der Waals surface area contributed by atoms with E-state index in [0.29, 0.717) is 17.1 Å². The van der Waals surface area contributed by atoms with Gasteiger partial charge in [0.25, 0.3) is 0 Å². The Morgan fingerprint density at radius 2 is 2.06 bits per heavy atom. The van der Waals surface area contributed by atoms with E-state index in [2.05, 4.69) is 10.5 Å². The minimum Gasteiger partial charge on any atom is -0.465 e. The Labute approximate surface area is 91.7 Å². The van der Waals surface area contributed by atoms with E-state index in [1.807, 2.05) is 30.3 Å². The maximum atomic E-state index is 10.6. The summed E-state index contributed by atoms with van der Waals surface area (Å²) in [7, 11) is 0. The zero-order valence-corrected chi connectivity index (χ0v) is 8.60. The van der Waals surface area contributed by atoms with Gasteiger partial charge in [-0.25, -0.2) is 4.79 Å². The van der Waals surface area contributed by atoms with Crippen molar-refractivity contribution in [2.75, 3.05) is 5.32 Å². The summed E-state index contributed by atoms with van der Waals surface area (Å²) in [6, 6.07) is 9.21. The van der Waals surface area contributed by atoms with Gasteiger partial charge in [-0.05, 0) is 6.92 Å². The van der Waals surface area contributed by atoms with Crippen LogP contribution in [0.15, 0.2) is 34.9 Å². The highest BCUT2D eigenvalue weighted by Gasteiger charge is 2.16. The lowest BCUT2D eigenvalue weighted by Gasteiger charge is -2.01. The number of benzene rings is 1. The summed E-state index contributed by atoms with van der Waals surface area (Å²) in [5.74, 6) is 0.431. The van der Waals surface area contributed by atoms with Crippen molar-refractivity contribution in [3.63, 3.8) is 0 Å². The molecule has 1 aromatic heterocycles. The van der Waals surface area contributed by atoms with Gasteiger partial charge in [-0.2, -0.15) is 0 Å². The van der Waals surface area contributed by atoms with Crippen LogP contribution < -0.4 is 5.32 Å². The second-order valence-corrected chi connectivity index (χ2v) is 3.27. The minimum absolute atomic E-state index is 0.388. The molecule has 2 N–H and O–H groups in total. The molecule has 0 radical (unpaired) electrons. The summed E-state index contributed by atoms with van der Waals surface area (Å²) in [6.07, 6.45) is -1.14. The van der Waals surface area contributed by atoms with Crippen molar-refractivity contribution in [2.45, 2.75) is 6.92 Å². The first-order valence-corrected chi connectivity index (χ1v) is 4.70. The molecule has 5 heteroatoms. The van der Waals surface area contributed by atoms with Crippen molar-refractivity contribution < 1.29 is 14.4 Å². The molecule has 0 aliphatic carbocycles. The molecule has 1 amide bonds. The molecule has 0 atom stereocenters. The summed E-state index contributed by atoms with van der Waals surface area (Å²) in [4.78, 5) is 10.6. The third-order valence-corrected chi connectivity index (χ3v) is 2.13. The van der Waals surface area contributed by atoms with Crippen LogP contribution in [0.4, 0.5) is 10.5 Å². The maximum Gasteiger partial charge on any atom is 0.409 e. The monoisotopic (exact) mass is 218 g/mol. The molecule has 0 saturated carbocycles. The molecule has 16 heavy (non-hydrogen) atoms. The topological polar surface area (TPSA) is 75.4 Å². The van der Waals surface area contributed by atoms with Gasteiger partial charge in [0.1, 0.15) is 11.4 Å². The lowest BCUT2D eigenvalue weighted by atomic mass is 10.1. The molecule has 2 rings (SSSR count). The minimum atomic E-state index is -1.14. The molecule has 0 aliphatic heterocycles. The predicted octanol–water partition coefficient (Wildman–Crippen LogP) is 2.74. The van der Waals surface area contributed by atoms with E-state index in [0.717, 1.165) is 5.56 Å². The molecule has 0 fully saturated rings. The van der Waals surface area contributed by atoms with E-state index in [4.69, 9.17) is 9.63 Å². The van der Waals surface area contributed by atoms with E-state index in [1.165, 1.54) is 0 Å². The van der Waals surface area contributed by atoms with Crippen LogP contribution in [-0.4, -0.2) is 16.4 Å². The third kappa shape index (κ3) is 1.88. The first-order chi connectivity index (χ1) is 7.68. The normalized spacial score (nSPS) is 10.1. The summed E-state index contributed by atoms with van der Waals surface area (Å²) < 4.78 is 5.11. The highest BCUT2D eigenvalue weighted by Crippen LogP contribution is 2.30. The van der Waals surface area contributed by atoms with Gasteiger partial charge in [0.2, 0.25) is 0 Å². The third-order valence-electron chi connectivity index (χ3n) is 2.13. The van der Waals surface area contributed by atoms with Gasteiger partial charge >= 0.3 is 6.09 Å². The van der Waals surface area contributed by atoms with Crippen molar-refractivity contribution in [2.24, 2.45) is 0 Å². The van der Waals surface area contributed by atoms with Crippen molar-refractivity contribution in [1.82, 2.24) is 5.16 Å². The maximum absolute atomic E-state index is 10.6. The standard InChI is InChI=1S/C11H10N2O3/c1-7-9(12-11(14)15)10(16-13-7)8-5-3-2-4-6-8/h2-6,12H,1H3,(H,14,15). The van der Waals surface area contributed by atoms with Crippen LogP contribution in [0.1, 0.15) is 5.69 Å². The fourth-order valence-corrected chi connectivity index (χ4v) is 1.41. The number of nitrogens with one attached hydrogen (secondary N) is 1. The van der Waals surface area contributed by atoms with Crippen molar-refractivity contribution in [1.29, 1.82) is 0 Å². The van der Waals surface area contributed by atoms with Crippen LogP contribution in [0.3, 0.4) is 0 Å². The lowest BCUT2D eigenvalue weighted by molar-refractivity contribution is 0.209. The predicted molar refractivity (Wildman–Crippen MR) is 58.3 cm³/mol. The Hall–Kier alpha value is -2.30. The molecule has 0 unspecified atom stereocenters. The number of amides is 1. The molecule has 5 nitrogen and oxygen atoms in total. The average molecular weight is 218 g/mol. The zero-order chi connectivity index (χ0) is 11.5. The number of hydrogen-bond acceptors (Lipinski definition) is 3. The molecule has 1 aromatic carbocycles. The summed E-state index contributed by atoms with van der Waals surface area (Å²) in [5, 5.41) is 14.7. The molecule has 0 spiro atoms. The van der Waals surface area contributed by atoms with E-state index < -0.39 is 6.09 Å². The van der Waals surface area contributed by atoms with Crippen molar-refractivity contribution in [3.05, 3.63) is 36.0 Å². The van der Waals surface area contributed by atoms with Crippen LogP contribution in [0.25, 0.3) is 11.3 Å². The second-order valence-electron chi connectivity index (χ2n) is 3.27. The van der Waals surface area contributed by atoms with E-state index in [9.17, 15) is 4.79 Å². The number of carboxylic acid groups (broad SMARTS) is 1. The number of rotatable bonds is 2. The van der Waals surface area contributed by atoms with E-state index in [-0.39, 0.29) is 0 Å². The van der Waals surface area contributed by atoms with Crippen LogP contribution in [0, 0.1) is 6.92 Å². The number of nitrogens with zero attached hydrogens (tertiary/aromatic N) is 1. The quantitative estimate of drug-likeness (QED) is 0.812. The number of hydrogen-bond donors (Lipinski definition) is 2. The van der Waals surface area contributed by atoms with Gasteiger partial charge in [-0.1, -0.05) is 35.5 Å². The molecule has 1 heterocycles. The van der Waals surface area contributed by atoms with Gasteiger partial charge in [-0.15, -0.1) is 0 Å². The van der Waals surface area contributed by atoms with Gasteiger partial charge in [-0.3, -0.25) is 5.32 Å². The van der Waals surface area contributed by atoms with Gasteiger partial charge < -0.3 is 9.63 Å². The molecular formula is C11H10N2O3. The van der Waals surface area contributed by atoms with Gasteiger partial charge in [0.05, 0.1) is 0 Å². The highest BCUT2D eigenvalue weighted by atomic mass is 16.5. The van der Waals surface area contributed by atoms with Crippen molar-refractivity contribution >= 4 is 11.8 Å². The Bertz CT molecular complexity index is 505. The van der Waals surface area contributed by atoms with Gasteiger partial charge in [0.15, 0.2) is 5.76 Å². The van der Waals surface area contributed by atoms with Crippen LogP contribution in [-0.2, 0) is 0 Å². The van der Waals surface area contributed by atoms with Crippen LogP contribution in [0.5, 0.6) is 0 Å². The highest BCUT2D eigenvalue weighted by molar-refractivity contribution is 5.89. The van der Waals surface area contributed by atoms with Crippen molar-refractivity contribution in [3.8, 4) is 11.3 Å². The first-order valence-electron chi connectivity index (χ1n) is 4.70.